The van der Waals surface area contributed by atoms with E-state index in [9.17, 15) is 14.7 Å². The maximum absolute atomic E-state index is 12.4. The molecule has 20 heavy (non-hydrogen) atoms. The molecule has 1 aromatic rings. The van der Waals surface area contributed by atoms with Gasteiger partial charge in [0.25, 0.3) is 5.91 Å². The molecule has 0 bridgehead atoms. The zero-order valence-electron chi connectivity index (χ0n) is 11.7. The van der Waals surface area contributed by atoms with Crippen molar-refractivity contribution in [3.8, 4) is 5.75 Å². The molecule has 6 heteroatoms. The third-order valence-electron chi connectivity index (χ3n) is 3.14. The normalized spacial score (nSPS) is 16.4. The summed E-state index contributed by atoms with van der Waals surface area (Å²) in [5.41, 5.74) is 0.0443. The summed E-state index contributed by atoms with van der Waals surface area (Å²) in [6, 6.07) is 5.02. The summed E-state index contributed by atoms with van der Waals surface area (Å²) in [7, 11) is 1.27. The first-order chi connectivity index (χ1) is 9.39. The van der Waals surface area contributed by atoms with E-state index in [1.807, 2.05) is 0 Å². The number of nitrogens with zero attached hydrogens (tertiary/aromatic N) is 1. The van der Waals surface area contributed by atoms with Crippen LogP contribution in [0.5, 0.6) is 5.75 Å². The number of carbonyl (C=O) groups excluding carboxylic acids is 2. The molecule has 6 nitrogen and oxygen atoms in total. The van der Waals surface area contributed by atoms with Crippen LogP contribution in [-0.2, 0) is 20.9 Å². The zero-order valence-corrected chi connectivity index (χ0v) is 11.7. The molecule has 1 amide bonds. The number of benzene rings is 1. The summed E-state index contributed by atoms with van der Waals surface area (Å²) < 4.78 is 10.3. The number of hydrogen-bond acceptors (Lipinski definition) is 5. The highest BCUT2D eigenvalue weighted by molar-refractivity contribution is 6.05. The summed E-state index contributed by atoms with van der Waals surface area (Å²) in [5.74, 6) is -0.349. The number of fused-ring (bicyclic) bond motifs is 1. The van der Waals surface area contributed by atoms with E-state index in [2.05, 4.69) is 4.74 Å². The first-order valence-corrected chi connectivity index (χ1v) is 6.20. The Bertz CT molecular complexity index is 552. The number of anilines is 1. The van der Waals surface area contributed by atoms with Crippen LogP contribution in [0.25, 0.3) is 0 Å². The van der Waals surface area contributed by atoms with Crippen molar-refractivity contribution in [3.05, 3.63) is 23.8 Å². The molecule has 0 saturated carbocycles. The number of methoxy groups -OCH3 is 1. The van der Waals surface area contributed by atoms with Gasteiger partial charge in [-0.1, -0.05) is 6.07 Å². The smallest absolute Gasteiger partial charge is 0.325 e. The van der Waals surface area contributed by atoms with Gasteiger partial charge in [0.15, 0.2) is 5.60 Å². The number of hydrogen-bond donors (Lipinski definition) is 1. The van der Waals surface area contributed by atoms with Gasteiger partial charge in [-0.25, -0.2) is 0 Å². The van der Waals surface area contributed by atoms with Crippen LogP contribution in [0.4, 0.5) is 5.69 Å². The average molecular weight is 279 g/mol. The number of amides is 1. The molecule has 0 atom stereocenters. The first-order valence-electron chi connectivity index (χ1n) is 6.20. The number of esters is 1. The van der Waals surface area contributed by atoms with Crippen molar-refractivity contribution < 1.29 is 24.2 Å². The van der Waals surface area contributed by atoms with Crippen molar-refractivity contribution in [2.24, 2.45) is 0 Å². The van der Waals surface area contributed by atoms with Gasteiger partial charge in [-0.3, -0.25) is 14.5 Å². The maximum Gasteiger partial charge on any atom is 0.325 e. The van der Waals surface area contributed by atoms with Gasteiger partial charge in [0, 0.05) is 0 Å². The van der Waals surface area contributed by atoms with Crippen LogP contribution in [0, 0.1) is 0 Å². The molecular formula is C14H17NO5. The Balaban J connectivity index is 2.47. The van der Waals surface area contributed by atoms with Crippen molar-refractivity contribution >= 4 is 17.6 Å². The van der Waals surface area contributed by atoms with Gasteiger partial charge in [-0.05, 0) is 31.5 Å². The minimum absolute atomic E-state index is 0.156. The van der Waals surface area contributed by atoms with Crippen molar-refractivity contribution in [2.45, 2.75) is 26.1 Å². The molecular weight excluding hydrogens is 262 g/mol. The first kappa shape index (κ1) is 14.3. The van der Waals surface area contributed by atoms with Crippen molar-refractivity contribution in [1.82, 2.24) is 0 Å². The lowest BCUT2D eigenvalue weighted by atomic mass is 10.0. The molecule has 0 spiro atoms. The van der Waals surface area contributed by atoms with Gasteiger partial charge >= 0.3 is 5.97 Å². The standard InChI is InChI=1S/C14H17NO5/c1-14(2)13(18)15(7-12(17)19-3)10-6-9(8-16)4-5-11(10)20-14/h4-6,16H,7-8H2,1-3H3. The van der Waals surface area contributed by atoms with Crippen LogP contribution in [0.15, 0.2) is 18.2 Å². The Morgan fingerprint density at radius 3 is 2.75 bits per heavy atom. The van der Waals surface area contributed by atoms with Gasteiger partial charge in [0.05, 0.1) is 19.4 Å². The molecule has 0 aromatic heterocycles. The molecule has 0 fully saturated rings. The quantitative estimate of drug-likeness (QED) is 0.830. The summed E-state index contributed by atoms with van der Waals surface area (Å²) in [6.07, 6.45) is 0. The lowest BCUT2D eigenvalue weighted by molar-refractivity contribution is -0.142. The van der Waals surface area contributed by atoms with Crippen LogP contribution in [0.2, 0.25) is 0 Å². The highest BCUT2D eigenvalue weighted by Crippen LogP contribution is 2.38. The summed E-state index contributed by atoms with van der Waals surface area (Å²) in [4.78, 5) is 25.2. The Morgan fingerprint density at radius 1 is 1.45 bits per heavy atom. The Hall–Kier alpha value is -2.08. The van der Waals surface area contributed by atoms with Crippen LogP contribution in [0.3, 0.4) is 0 Å². The molecule has 1 aromatic carbocycles. The summed E-state index contributed by atoms with van der Waals surface area (Å²) >= 11 is 0. The van der Waals surface area contributed by atoms with Crippen LogP contribution in [-0.4, -0.2) is 36.2 Å². The fourth-order valence-corrected chi connectivity index (χ4v) is 2.06. The summed E-state index contributed by atoms with van der Waals surface area (Å²) in [5, 5.41) is 9.19. The lowest BCUT2D eigenvalue weighted by Crippen LogP contribution is -2.54. The molecule has 0 saturated heterocycles. The molecule has 1 heterocycles. The van der Waals surface area contributed by atoms with Gasteiger partial charge in [-0.2, -0.15) is 0 Å². The van der Waals surface area contributed by atoms with Crippen molar-refractivity contribution in [2.75, 3.05) is 18.6 Å². The van der Waals surface area contributed by atoms with E-state index in [0.29, 0.717) is 17.0 Å². The van der Waals surface area contributed by atoms with E-state index in [0.717, 1.165) is 0 Å². The Labute approximate surface area is 116 Å². The van der Waals surface area contributed by atoms with E-state index in [-0.39, 0.29) is 19.1 Å². The maximum atomic E-state index is 12.4. The van der Waals surface area contributed by atoms with E-state index < -0.39 is 11.6 Å². The van der Waals surface area contributed by atoms with Crippen LogP contribution < -0.4 is 9.64 Å². The predicted octanol–water partition coefficient (Wildman–Crippen LogP) is 0.856. The van der Waals surface area contributed by atoms with E-state index in [1.165, 1.54) is 12.0 Å². The summed E-state index contributed by atoms with van der Waals surface area (Å²) in [6.45, 7) is 2.94. The second-order valence-corrected chi connectivity index (χ2v) is 5.04. The van der Waals surface area contributed by atoms with E-state index in [4.69, 9.17) is 4.74 Å². The molecule has 1 N–H and O–H groups in total. The highest BCUT2D eigenvalue weighted by atomic mass is 16.5. The molecule has 2 rings (SSSR count). The molecule has 0 radical (unpaired) electrons. The largest absolute Gasteiger partial charge is 0.476 e. The van der Waals surface area contributed by atoms with Gasteiger partial charge in [0.1, 0.15) is 12.3 Å². The van der Waals surface area contributed by atoms with Gasteiger partial charge in [-0.15, -0.1) is 0 Å². The molecule has 108 valence electrons. The third-order valence-corrected chi connectivity index (χ3v) is 3.14. The molecule has 1 aliphatic heterocycles. The lowest BCUT2D eigenvalue weighted by Gasteiger charge is -2.38. The SMILES string of the molecule is COC(=O)CN1C(=O)C(C)(C)Oc2ccc(CO)cc21. The second-order valence-electron chi connectivity index (χ2n) is 5.04. The second kappa shape index (κ2) is 5.13. The predicted molar refractivity (Wildman–Crippen MR) is 71.4 cm³/mol. The van der Waals surface area contributed by atoms with E-state index in [1.54, 1.807) is 32.0 Å². The number of aliphatic hydroxyl groups excluding tert-OH is 1. The van der Waals surface area contributed by atoms with E-state index >= 15 is 0 Å². The Morgan fingerprint density at radius 2 is 2.15 bits per heavy atom. The number of carbonyl (C=O) groups is 2. The van der Waals surface area contributed by atoms with Crippen LogP contribution >= 0.6 is 0 Å². The minimum Gasteiger partial charge on any atom is -0.476 e. The van der Waals surface area contributed by atoms with Gasteiger partial charge < -0.3 is 14.6 Å². The zero-order chi connectivity index (χ0) is 14.9. The fourth-order valence-electron chi connectivity index (χ4n) is 2.06. The fraction of sp³-hybridized carbons (Fsp3) is 0.429. The van der Waals surface area contributed by atoms with Gasteiger partial charge in [0.2, 0.25) is 0 Å². The monoisotopic (exact) mass is 279 g/mol. The van der Waals surface area contributed by atoms with Crippen LogP contribution in [0.1, 0.15) is 19.4 Å². The highest BCUT2D eigenvalue weighted by Gasteiger charge is 2.41. The minimum atomic E-state index is -1.05. The topological polar surface area (TPSA) is 76.1 Å². The third kappa shape index (κ3) is 2.46. The Kier molecular flexibility index (Phi) is 3.67. The van der Waals surface area contributed by atoms with Crippen molar-refractivity contribution in [3.63, 3.8) is 0 Å². The number of rotatable bonds is 3. The number of ether oxygens (including phenoxy) is 2. The van der Waals surface area contributed by atoms with Crippen molar-refractivity contribution in [1.29, 1.82) is 0 Å². The molecule has 0 unspecified atom stereocenters. The molecule has 0 aliphatic carbocycles. The molecule has 1 aliphatic rings. The average Bonchev–Trinajstić information content (AvgIpc) is 2.43. The number of aliphatic hydroxyl groups is 1.